The number of methoxy groups -OCH3 is 1. The van der Waals surface area contributed by atoms with E-state index in [9.17, 15) is 4.79 Å². The van der Waals surface area contributed by atoms with Crippen molar-refractivity contribution >= 4 is 5.91 Å². The smallest absolute Gasteiger partial charge is 0.226 e. The maximum Gasteiger partial charge on any atom is 0.226 e. The topological polar surface area (TPSA) is 56.8 Å². The summed E-state index contributed by atoms with van der Waals surface area (Å²) in [7, 11) is 1.73. The van der Waals surface area contributed by atoms with Gasteiger partial charge in [0, 0.05) is 18.1 Å². The highest BCUT2D eigenvalue weighted by Gasteiger charge is 2.37. The Balaban J connectivity index is 4.70. The Morgan fingerprint density at radius 2 is 1.09 bits per heavy atom. The van der Waals surface area contributed by atoms with Crippen LogP contribution in [0.3, 0.4) is 0 Å². The van der Waals surface area contributed by atoms with Crippen LogP contribution < -0.4 is 5.32 Å². The molecule has 0 atom stereocenters. The molecule has 0 aromatic rings. The lowest BCUT2D eigenvalue weighted by atomic mass is 9.75. The van der Waals surface area contributed by atoms with Crippen molar-refractivity contribution in [3.05, 3.63) is 0 Å². The van der Waals surface area contributed by atoms with Crippen LogP contribution in [0.1, 0.15) is 116 Å². The fourth-order valence-corrected chi connectivity index (χ4v) is 4.36. The number of nitrogens with one attached hydrogen (secondary N) is 1. The van der Waals surface area contributed by atoms with Crippen LogP contribution in [-0.4, -0.2) is 48.6 Å². The second-order valence-electron chi connectivity index (χ2n) is 13.8. The molecule has 5 heteroatoms. The third-order valence-corrected chi connectivity index (χ3v) is 5.85. The van der Waals surface area contributed by atoms with Crippen molar-refractivity contribution in [1.82, 2.24) is 5.32 Å². The van der Waals surface area contributed by atoms with E-state index in [1.165, 1.54) is 0 Å². The number of amides is 1. The van der Waals surface area contributed by atoms with Crippen molar-refractivity contribution in [1.29, 1.82) is 0 Å². The highest BCUT2D eigenvalue weighted by Crippen LogP contribution is 2.34. The maximum atomic E-state index is 13.0. The van der Waals surface area contributed by atoms with Crippen molar-refractivity contribution in [2.24, 2.45) is 10.8 Å². The molecule has 1 N–H and O–H groups in total. The summed E-state index contributed by atoms with van der Waals surface area (Å²) in [6.45, 7) is 28.5. The standard InChI is InChI=1S/C27H55NO4/c1-22(2,3)19-23(4,5)21(29)28-24(6,7)20-27(12,13)32-18-16-26(10,11)31-17-15-25(8,9)30-14/h15-20H2,1-14H3,(H,28,29). The lowest BCUT2D eigenvalue weighted by molar-refractivity contribution is -0.133. The first kappa shape index (κ1) is 31.4. The van der Waals surface area contributed by atoms with Crippen LogP contribution in [0.2, 0.25) is 0 Å². The van der Waals surface area contributed by atoms with E-state index in [4.69, 9.17) is 14.2 Å². The zero-order chi connectivity index (χ0) is 25.6. The van der Waals surface area contributed by atoms with Crippen molar-refractivity contribution in [2.75, 3.05) is 20.3 Å². The Hall–Kier alpha value is -0.650. The first-order valence-corrected chi connectivity index (χ1v) is 12.2. The van der Waals surface area contributed by atoms with Gasteiger partial charge in [-0.05, 0) is 86.5 Å². The van der Waals surface area contributed by atoms with Crippen molar-refractivity contribution < 1.29 is 19.0 Å². The Bertz CT molecular complexity index is 583. The number of ether oxygens (including phenoxy) is 3. The second kappa shape index (κ2) is 11.2. The van der Waals surface area contributed by atoms with Crippen LogP contribution in [0.5, 0.6) is 0 Å². The van der Waals surface area contributed by atoms with Gasteiger partial charge in [-0.25, -0.2) is 0 Å². The van der Waals surface area contributed by atoms with E-state index in [-0.39, 0.29) is 33.7 Å². The van der Waals surface area contributed by atoms with E-state index in [0.717, 1.165) is 25.7 Å². The summed E-state index contributed by atoms with van der Waals surface area (Å²) in [6.07, 6.45) is 3.20. The molecule has 0 aromatic heterocycles. The van der Waals surface area contributed by atoms with E-state index >= 15 is 0 Å². The van der Waals surface area contributed by atoms with Gasteiger partial charge in [0.25, 0.3) is 0 Å². The van der Waals surface area contributed by atoms with E-state index in [0.29, 0.717) is 13.2 Å². The predicted molar refractivity (Wildman–Crippen MR) is 135 cm³/mol. The third-order valence-electron chi connectivity index (χ3n) is 5.85. The van der Waals surface area contributed by atoms with Gasteiger partial charge in [0.05, 0.1) is 30.0 Å². The molecule has 0 aliphatic rings. The average molecular weight is 458 g/mol. The van der Waals surface area contributed by atoms with Gasteiger partial charge in [0.1, 0.15) is 0 Å². The van der Waals surface area contributed by atoms with Gasteiger partial charge in [-0.1, -0.05) is 34.6 Å². The number of rotatable bonds is 14. The van der Waals surface area contributed by atoms with Gasteiger partial charge in [0.2, 0.25) is 5.91 Å². The molecule has 0 radical (unpaired) electrons. The van der Waals surface area contributed by atoms with Gasteiger partial charge >= 0.3 is 0 Å². The van der Waals surface area contributed by atoms with Crippen LogP contribution >= 0.6 is 0 Å². The Morgan fingerprint density at radius 1 is 0.656 bits per heavy atom. The molecular formula is C27H55NO4. The highest BCUT2D eigenvalue weighted by atomic mass is 16.5. The summed E-state index contributed by atoms with van der Waals surface area (Å²) >= 11 is 0. The molecule has 0 unspecified atom stereocenters. The fourth-order valence-electron chi connectivity index (χ4n) is 4.36. The normalized spacial score (nSPS) is 14.6. The molecule has 0 aliphatic heterocycles. The number of carbonyl (C=O) groups excluding carboxylic acids is 1. The maximum absolute atomic E-state index is 13.0. The Labute approximate surface area is 199 Å². The van der Waals surface area contributed by atoms with Crippen LogP contribution in [-0.2, 0) is 19.0 Å². The minimum Gasteiger partial charge on any atom is -0.379 e. The second-order valence-corrected chi connectivity index (χ2v) is 13.8. The van der Waals surface area contributed by atoms with Gasteiger partial charge in [-0.2, -0.15) is 0 Å². The molecule has 0 heterocycles. The molecule has 0 saturated heterocycles. The molecule has 0 saturated carbocycles. The molecule has 0 aromatic carbocycles. The summed E-state index contributed by atoms with van der Waals surface area (Å²) in [5.41, 5.74) is -1.49. The van der Waals surface area contributed by atoms with Crippen molar-refractivity contribution in [2.45, 2.75) is 138 Å². The lowest BCUT2D eigenvalue weighted by Crippen LogP contribution is -2.52. The Kier molecular flexibility index (Phi) is 11.0. The van der Waals surface area contributed by atoms with E-state index in [1.807, 2.05) is 13.8 Å². The largest absolute Gasteiger partial charge is 0.379 e. The van der Waals surface area contributed by atoms with Gasteiger partial charge in [0.15, 0.2) is 0 Å². The molecule has 1 amide bonds. The molecule has 192 valence electrons. The Morgan fingerprint density at radius 3 is 1.53 bits per heavy atom. The van der Waals surface area contributed by atoms with Gasteiger partial charge < -0.3 is 19.5 Å². The first-order chi connectivity index (χ1) is 14.0. The van der Waals surface area contributed by atoms with Crippen molar-refractivity contribution in [3.63, 3.8) is 0 Å². The minimum absolute atomic E-state index is 0.0988. The first-order valence-electron chi connectivity index (χ1n) is 12.2. The molecule has 5 nitrogen and oxygen atoms in total. The number of hydrogen-bond acceptors (Lipinski definition) is 4. The summed E-state index contributed by atoms with van der Waals surface area (Å²) in [5.74, 6) is 0.0988. The molecule has 0 spiro atoms. The van der Waals surface area contributed by atoms with Crippen LogP contribution in [0.4, 0.5) is 0 Å². The summed E-state index contributed by atoms with van der Waals surface area (Å²) < 4.78 is 17.8. The van der Waals surface area contributed by atoms with Crippen LogP contribution in [0.15, 0.2) is 0 Å². The highest BCUT2D eigenvalue weighted by molar-refractivity contribution is 5.82. The van der Waals surface area contributed by atoms with Gasteiger partial charge in [-0.3, -0.25) is 4.79 Å². The van der Waals surface area contributed by atoms with E-state index < -0.39 is 5.41 Å². The molecule has 0 aliphatic carbocycles. The molecule has 32 heavy (non-hydrogen) atoms. The fraction of sp³-hybridized carbons (Fsp3) is 0.963. The minimum atomic E-state index is -0.417. The van der Waals surface area contributed by atoms with E-state index in [2.05, 4.69) is 81.5 Å². The quantitative estimate of drug-likeness (QED) is 0.322. The lowest BCUT2D eigenvalue weighted by Gasteiger charge is -2.39. The SMILES string of the molecule is COC(C)(C)CCOC(C)(C)CCOC(C)(C)CC(C)(C)NC(=O)C(C)(C)CC(C)(C)C. The zero-order valence-electron chi connectivity index (χ0n) is 23.9. The molecule has 0 bridgehead atoms. The predicted octanol–water partition coefficient (Wildman–Crippen LogP) is 6.53. The van der Waals surface area contributed by atoms with Gasteiger partial charge in [-0.15, -0.1) is 0 Å². The summed E-state index contributed by atoms with van der Waals surface area (Å²) in [4.78, 5) is 13.0. The monoisotopic (exact) mass is 457 g/mol. The van der Waals surface area contributed by atoms with Crippen LogP contribution in [0.25, 0.3) is 0 Å². The number of hydrogen-bond donors (Lipinski definition) is 1. The van der Waals surface area contributed by atoms with Crippen LogP contribution in [0, 0.1) is 10.8 Å². The summed E-state index contributed by atoms with van der Waals surface area (Å²) in [5, 5.41) is 3.27. The summed E-state index contributed by atoms with van der Waals surface area (Å²) in [6, 6.07) is 0. The number of carbonyl (C=O) groups is 1. The van der Waals surface area contributed by atoms with E-state index in [1.54, 1.807) is 7.11 Å². The third kappa shape index (κ3) is 13.8. The molecule has 0 rings (SSSR count). The average Bonchev–Trinajstić information content (AvgIpc) is 2.49. The van der Waals surface area contributed by atoms with Crippen molar-refractivity contribution in [3.8, 4) is 0 Å². The zero-order valence-corrected chi connectivity index (χ0v) is 23.9. The molecular weight excluding hydrogens is 402 g/mol. The molecule has 0 fully saturated rings.